The van der Waals surface area contributed by atoms with Gasteiger partial charge in [0.25, 0.3) is 5.91 Å². The molecule has 3 rings (SSSR count). The number of ether oxygens (including phenoxy) is 1. The first-order valence-corrected chi connectivity index (χ1v) is 9.04. The molecule has 2 aromatic carbocycles. The van der Waals surface area contributed by atoms with Crippen molar-refractivity contribution < 1.29 is 23.5 Å². The first-order valence-electron chi connectivity index (χ1n) is 8.66. The van der Waals surface area contributed by atoms with Crippen LogP contribution in [0, 0.1) is 5.82 Å². The molecule has 0 bridgehead atoms. The molecule has 0 saturated carbocycles. The highest BCUT2D eigenvalue weighted by Crippen LogP contribution is 2.32. The molecule has 1 unspecified atom stereocenters. The van der Waals surface area contributed by atoms with Gasteiger partial charge >= 0.3 is 12.0 Å². The molecule has 1 heterocycles. The molecular formula is C20H18ClFN2O4. The Labute approximate surface area is 166 Å². The summed E-state index contributed by atoms with van der Waals surface area (Å²) in [6, 6.07) is 11.9. The van der Waals surface area contributed by atoms with E-state index in [4.69, 9.17) is 16.3 Å². The van der Waals surface area contributed by atoms with Crippen molar-refractivity contribution in [1.82, 2.24) is 10.2 Å². The largest absolute Gasteiger partial charge is 0.459 e. The van der Waals surface area contributed by atoms with Gasteiger partial charge in [0.1, 0.15) is 24.5 Å². The van der Waals surface area contributed by atoms with Crippen LogP contribution in [0.4, 0.5) is 9.18 Å². The lowest BCUT2D eigenvalue weighted by atomic mass is 9.87. The van der Waals surface area contributed by atoms with E-state index in [2.05, 4.69) is 5.32 Å². The number of rotatable bonds is 6. The molecular weight excluding hydrogens is 387 g/mol. The standard InChI is InChI=1S/C20H18ClFN2O4/c1-2-20(14-6-4-3-5-7-14)18(26)24(19(27)23-20)11-17(25)28-12-13-8-9-15(22)10-16(13)21/h3-10H,2,11-12H2,1H3,(H,23,27). The highest BCUT2D eigenvalue weighted by molar-refractivity contribution is 6.31. The van der Waals surface area contributed by atoms with Crippen LogP contribution in [0.3, 0.4) is 0 Å². The second kappa shape index (κ2) is 7.98. The molecule has 1 saturated heterocycles. The number of nitrogens with one attached hydrogen (secondary N) is 1. The zero-order valence-electron chi connectivity index (χ0n) is 15.1. The minimum Gasteiger partial charge on any atom is -0.459 e. The molecule has 6 nitrogen and oxygen atoms in total. The molecule has 0 aromatic heterocycles. The molecule has 1 aliphatic heterocycles. The van der Waals surface area contributed by atoms with E-state index in [9.17, 15) is 18.8 Å². The third-order valence-corrected chi connectivity index (χ3v) is 5.02. The predicted octanol–water partition coefficient (Wildman–Crippen LogP) is 3.38. The molecule has 1 fully saturated rings. The summed E-state index contributed by atoms with van der Waals surface area (Å²) < 4.78 is 18.2. The van der Waals surface area contributed by atoms with Crippen LogP contribution in [0.2, 0.25) is 5.02 Å². The lowest BCUT2D eigenvalue weighted by molar-refractivity contribution is -0.149. The monoisotopic (exact) mass is 404 g/mol. The number of amides is 3. The molecule has 3 amide bonds. The Morgan fingerprint density at radius 3 is 2.57 bits per heavy atom. The number of nitrogens with zero attached hydrogens (tertiary/aromatic N) is 1. The first-order chi connectivity index (χ1) is 13.4. The van der Waals surface area contributed by atoms with E-state index < -0.39 is 35.8 Å². The highest BCUT2D eigenvalue weighted by Gasteiger charge is 2.51. The van der Waals surface area contributed by atoms with Crippen molar-refractivity contribution in [3.63, 3.8) is 0 Å². The van der Waals surface area contributed by atoms with Gasteiger partial charge in [0.2, 0.25) is 0 Å². The Hall–Kier alpha value is -2.93. The quantitative estimate of drug-likeness (QED) is 0.591. The van der Waals surface area contributed by atoms with Gasteiger partial charge in [0.05, 0.1) is 5.02 Å². The van der Waals surface area contributed by atoms with Crippen molar-refractivity contribution in [2.45, 2.75) is 25.5 Å². The minimum absolute atomic E-state index is 0.122. The van der Waals surface area contributed by atoms with Crippen LogP contribution < -0.4 is 5.32 Å². The van der Waals surface area contributed by atoms with Crippen LogP contribution in [-0.4, -0.2) is 29.4 Å². The average molecular weight is 405 g/mol. The maximum Gasteiger partial charge on any atom is 0.326 e. The van der Waals surface area contributed by atoms with Crippen LogP contribution in [0.25, 0.3) is 0 Å². The summed E-state index contributed by atoms with van der Waals surface area (Å²) in [7, 11) is 0. The fraction of sp³-hybridized carbons (Fsp3) is 0.250. The molecule has 0 radical (unpaired) electrons. The van der Waals surface area contributed by atoms with Crippen LogP contribution in [0.15, 0.2) is 48.5 Å². The van der Waals surface area contributed by atoms with E-state index in [-0.39, 0.29) is 11.6 Å². The average Bonchev–Trinajstić information content (AvgIpc) is 2.93. The highest BCUT2D eigenvalue weighted by atomic mass is 35.5. The summed E-state index contributed by atoms with van der Waals surface area (Å²) in [5.74, 6) is -1.79. The lowest BCUT2D eigenvalue weighted by Gasteiger charge is -2.25. The number of carbonyl (C=O) groups excluding carboxylic acids is 3. The summed E-state index contributed by atoms with van der Waals surface area (Å²) in [6.45, 7) is 1.06. The van der Waals surface area contributed by atoms with Crippen molar-refractivity contribution in [3.05, 3.63) is 70.5 Å². The van der Waals surface area contributed by atoms with Gasteiger partial charge in [-0.3, -0.25) is 14.5 Å². The summed E-state index contributed by atoms with van der Waals surface area (Å²) in [5.41, 5.74) is -0.149. The van der Waals surface area contributed by atoms with E-state index in [1.54, 1.807) is 31.2 Å². The molecule has 1 atom stereocenters. The second-order valence-corrected chi connectivity index (χ2v) is 6.75. The summed E-state index contributed by atoms with van der Waals surface area (Å²) in [4.78, 5) is 38.3. The smallest absolute Gasteiger partial charge is 0.326 e. The summed E-state index contributed by atoms with van der Waals surface area (Å²) >= 11 is 5.89. The zero-order valence-corrected chi connectivity index (χ0v) is 15.8. The zero-order chi connectivity index (χ0) is 20.3. The van der Waals surface area contributed by atoms with Crippen LogP contribution in [-0.2, 0) is 26.5 Å². The second-order valence-electron chi connectivity index (χ2n) is 6.34. The first kappa shape index (κ1) is 19.8. The molecule has 2 aromatic rings. The van der Waals surface area contributed by atoms with Gasteiger partial charge in [0.15, 0.2) is 0 Å². The summed E-state index contributed by atoms with van der Waals surface area (Å²) in [5, 5.41) is 2.82. The van der Waals surface area contributed by atoms with Gasteiger partial charge in [0, 0.05) is 5.56 Å². The Balaban J connectivity index is 1.69. The number of hydrogen-bond donors (Lipinski definition) is 1. The van der Waals surface area contributed by atoms with Crippen molar-refractivity contribution in [2.24, 2.45) is 0 Å². The van der Waals surface area contributed by atoms with Crippen molar-refractivity contribution >= 4 is 29.5 Å². The number of carbonyl (C=O) groups is 3. The van der Waals surface area contributed by atoms with E-state index in [0.29, 0.717) is 17.5 Å². The SMILES string of the molecule is CCC1(c2ccccc2)NC(=O)N(CC(=O)OCc2ccc(F)cc2Cl)C1=O. The maximum absolute atomic E-state index is 13.1. The third kappa shape index (κ3) is 3.71. The van der Waals surface area contributed by atoms with Crippen molar-refractivity contribution in [2.75, 3.05) is 6.54 Å². The van der Waals surface area contributed by atoms with E-state index >= 15 is 0 Å². The molecule has 1 aliphatic rings. The molecule has 28 heavy (non-hydrogen) atoms. The van der Waals surface area contributed by atoms with Crippen LogP contribution in [0.1, 0.15) is 24.5 Å². The Bertz CT molecular complexity index is 922. The topological polar surface area (TPSA) is 75.7 Å². The Morgan fingerprint density at radius 2 is 1.93 bits per heavy atom. The minimum atomic E-state index is -1.21. The Morgan fingerprint density at radius 1 is 1.21 bits per heavy atom. The lowest BCUT2D eigenvalue weighted by Crippen LogP contribution is -2.43. The predicted molar refractivity (Wildman–Crippen MR) is 99.9 cm³/mol. The number of benzene rings is 2. The Kier molecular flexibility index (Phi) is 5.65. The molecule has 146 valence electrons. The van der Waals surface area contributed by atoms with Gasteiger partial charge in [-0.15, -0.1) is 0 Å². The van der Waals surface area contributed by atoms with Gasteiger partial charge in [-0.05, 0) is 24.1 Å². The van der Waals surface area contributed by atoms with E-state index in [1.807, 2.05) is 6.07 Å². The number of hydrogen-bond acceptors (Lipinski definition) is 4. The van der Waals surface area contributed by atoms with E-state index in [0.717, 1.165) is 11.0 Å². The number of urea groups is 1. The van der Waals surface area contributed by atoms with Gasteiger partial charge < -0.3 is 10.1 Å². The third-order valence-electron chi connectivity index (χ3n) is 4.66. The maximum atomic E-state index is 13.1. The fourth-order valence-electron chi connectivity index (χ4n) is 3.10. The van der Waals surface area contributed by atoms with E-state index in [1.165, 1.54) is 12.1 Å². The van der Waals surface area contributed by atoms with Crippen LogP contribution in [0.5, 0.6) is 0 Å². The van der Waals surface area contributed by atoms with Gasteiger partial charge in [-0.1, -0.05) is 54.9 Å². The fourth-order valence-corrected chi connectivity index (χ4v) is 3.33. The van der Waals surface area contributed by atoms with Gasteiger partial charge in [-0.2, -0.15) is 0 Å². The molecule has 0 aliphatic carbocycles. The normalized spacial score (nSPS) is 18.9. The van der Waals surface area contributed by atoms with Gasteiger partial charge in [-0.25, -0.2) is 9.18 Å². The molecule has 8 heteroatoms. The molecule has 0 spiro atoms. The number of esters is 1. The van der Waals surface area contributed by atoms with Crippen molar-refractivity contribution in [3.8, 4) is 0 Å². The van der Waals surface area contributed by atoms with Crippen LogP contribution >= 0.6 is 11.6 Å². The number of halogens is 2. The summed E-state index contributed by atoms with van der Waals surface area (Å²) in [6.07, 6.45) is 0.332. The molecule has 1 N–H and O–H groups in total. The number of imide groups is 1. The van der Waals surface area contributed by atoms with Crippen molar-refractivity contribution in [1.29, 1.82) is 0 Å².